The Balaban J connectivity index is 1.47. The van der Waals surface area contributed by atoms with Gasteiger partial charge in [0.2, 0.25) is 5.91 Å². The predicted molar refractivity (Wildman–Crippen MR) is 135 cm³/mol. The monoisotopic (exact) mass is 488 g/mol. The number of hydrogen-bond donors (Lipinski definition) is 2. The number of rotatable bonds is 5. The van der Waals surface area contributed by atoms with Crippen LogP contribution in [0.15, 0.2) is 49.4 Å². The van der Waals surface area contributed by atoms with Crippen LogP contribution in [0.5, 0.6) is 0 Å². The maximum absolute atomic E-state index is 12.6. The van der Waals surface area contributed by atoms with Crippen LogP contribution in [0.1, 0.15) is 34.1 Å². The lowest BCUT2D eigenvalue weighted by Crippen LogP contribution is -2.40. The van der Waals surface area contributed by atoms with E-state index in [9.17, 15) is 9.59 Å². The van der Waals surface area contributed by atoms with Crippen LogP contribution in [0.2, 0.25) is 0 Å². The van der Waals surface area contributed by atoms with Crippen molar-refractivity contribution in [2.75, 3.05) is 24.1 Å². The van der Waals surface area contributed by atoms with Crippen LogP contribution in [-0.2, 0) is 4.79 Å². The van der Waals surface area contributed by atoms with Crippen molar-refractivity contribution < 1.29 is 9.59 Å². The third kappa shape index (κ3) is 4.37. The van der Waals surface area contributed by atoms with Gasteiger partial charge in [0.05, 0.1) is 11.4 Å². The number of hydrogen-bond acceptors (Lipinski definition) is 8. The Morgan fingerprint density at radius 3 is 2.74 bits per heavy atom. The molecule has 1 aliphatic rings. The molecular formula is C24H24N8O2S. The number of amides is 2. The fraction of sp³-hybridized carbons (Fsp3) is 0.250. The summed E-state index contributed by atoms with van der Waals surface area (Å²) in [6.45, 7) is 6.74. The summed E-state index contributed by atoms with van der Waals surface area (Å²) >= 11 is 1.42. The zero-order valence-electron chi connectivity index (χ0n) is 19.1. The van der Waals surface area contributed by atoms with Crippen molar-refractivity contribution in [3.05, 3.63) is 59.9 Å². The van der Waals surface area contributed by atoms with Gasteiger partial charge in [-0.3, -0.25) is 14.9 Å². The molecule has 1 unspecified atom stereocenters. The molecule has 5 rings (SSSR count). The molecule has 0 aliphatic carbocycles. The van der Waals surface area contributed by atoms with E-state index >= 15 is 0 Å². The first-order chi connectivity index (χ1) is 16.9. The summed E-state index contributed by atoms with van der Waals surface area (Å²) in [5.74, 6) is -0.00680. The average Bonchev–Trinajstić information content (AvgIpc) is 3.47. The maximum atomic E-state index is 12.6. The maximum Gasteiger partial charge on any atom is 0.257 e. The van der Waals surface area contributed by atoms with E-state index in [1.54, 1.807) is 23.2 Å². The molecule has 4 aromatic rings. The molecule has 1 aliphatic heterocycles. The summed E-state index contributed by atoms with van der Waals surface area (Å²) in [6, 6.07) is 7.08. The Morgan fingerprint density at radius 2 is 2.03 bits per heavy atom. The van der Waals surface area contributed by atoms with Crippen LogP contribution in [0, 0.1) is 6.92 Å². The number of aryl methyl sites for hydroxylation is 1. The number of benzene rings is 1. The van der Waals surface area contributed by atoms with Gasteiger partial charge in [-0.2, -0.15) is 5.10 Å². The van der Waals surface area contributed by atoms with Crippen molar-refractivity contribution in [2.45, 2.75) is 25.8 Å². The van der Waals surface area contributed by atoms with Crippen molar-refractivity contribution in [3.63, 3.8) is 0 Å². The van der Waals surface area contributed by atoms with Crippen LogP contribution < -0.4 is 11.1 Å². The molecule has 3 N–H and O–H groups in total. The van der Waals surface area contributed by atoms with Crippen molar-refractivity contribution in [3.8, 4) is 11.3 Å². The molecule has 178 valence electrons. The Labute approximate surface area is 205 Å². The van der Waals surface area contributed by atoms with Gasteiger partial charge in [0, 0.05) is 35.3 Å². The molecule has 0 saturated carbocycles. The minimum Gasteiger partial charge on any atom is -0.383 e. The molecule has 10 nitrogen and oxygen atoms in total. The van der Waals surface area contributed by atoms with Gasteiger partial charge in [0.1, 0.15) is 17.8 Å². The molecule has 1 fully saturated rings. The number of thiazole rings is 1. The first-order valence-corrected chi connectivity index (χ1v) is 12.0. The van der Waals surface area contributed by atoms with Gasteiger partial charge in [-0.1, -0.05) is 18.7 Å². The number of anilines is 2. The molecule has 3 aromatic heterocycles. The first-order valence-electron chi connectivity index (χ1n) is 11.2. The summed E-state index contributed by atoms with van der Waals surface area (Å²) in [7, 11) is 0. The fourth-order valence-electron chi connectivity index (χ4n) is 4.30. The SMILES string of the molecule is C=CC(=O)N1CCCC(n2nc(-c3ccc(C(=O)Nc4ncc(C)s4)cc3)c3c(N)ncnc32)C1. The Morgan fingerprint density at radius 1 is 1.23 bits per heavy atom. The van der Waals surface area contributed by atoms with Crippen LogP contribution >= 0.6 is 11.3 Å². The second-order valence-electron chi connectivity index (χ2n) is 8.34. The van der Waals surface area contributed by atoms with Crippen molar-refractivity contribution in [1.29, 1.82) is 0 Å². The molecule has 11 heteroatoms. The molecule has 2 amide bonds. The van der Waals surface area contributed by atoms with Gasteiger partial charge < -0.3 is 10.6 Å². The third-order valence-electron chi connectivity index (χ3n) is 6.01. The summed E-state index contributed by atoms with van der Waals surface area (Å²) in [6.07, 6.45) is 6.18. The van der Waals surface area contributed by atoms with Crippen molar-refractivity contribution in [1.82, 2.24) is 29.6 Å². The molecule has 1 saturated heterocycles. The molecule has 35 heavy (non-hydrogen) atoms. The quantitative estimate of drug-likeness (QED) is 0.411. The average molecular weight is 489 g/mol. The van der Waals surface area contributed by atoms with E-state index in [0.29, 0.717) is 46.3 Å². The minimum atomic E-state index is -0.238. The number of carbonyl (C=O) groups is 2. The lowest BCUT2D eigenvalue weighted by Gasteiger charge is -2.32. The summed E-state index contributed by atoms with van der Waals surface area (Å²) in [5.41, 5.74) is 8.78. The standard InChI is InChI=1S/C24H24N8O2S/c1-3-18(33)31-10-4-5-17(12-31)32-22-19(21(25)27-13-28-22)20(30-32)15-6-8-16(9-7-15)23(34)29-24-26-11-14(2)35-24/h3,6-9,11,13,17H,1,4-5,10,12H2,2H3,(H2,25,27,28)(H,26,29,34). The molecule has 4 heterocycles. The van der Waals surface area contributed by atoms with Crippen molar-refractivity contribution >= 4 is 45.1 Å². The third-order valence-corrected chi connectivity index (χ3v) is 6.84. The largest absolute Gasteiger partial charge is 0.383 e. The molecule has 0 bridgehead atoms. The lowest BCUT2D eigenvalue weighted by atomic mass is 10.1. The lowest BCUT2D eigenvalue weighted by molar-refractivity contribution is -0.127. The van der Waals surface area contributed by atoms with E-state index in [2.05, 4.69) is 26.8 Å². The number of carbonyl (C=O) groups excluding carboxylic acids is 2. The van der Waals surface area contributed by atoms with Crippen LogP contribution in [0.3, 0.4) is 0 Å². The smallest absolute Gasteiger partial charge is 0.257 e. The number of likely N-dealkylation sites (tertiary alicyclic amines) is 1. The zero-order valence-corrected chi connectivity index (χ0v) is 20.0. The second kappa shape index (κ2) is 9.26. The van der Waals surface area contributed by atoms with E-state index in [4.69, 9.17) is 10.8 Å². The summed E-state index contributed by atoms with van der Waals surface area (Å²) in [4.78, 5) is 40.4. The van der Waals surface area contributed by atoms with Crippen molar-refractivity contribution in [2.24, 2.45) is 0 Å². The van der Waals surface area contributed by atoms with Gasteiger partial charge >= 0.3 is 0 Å². The first kappa shape index (κ1) is 22.7. The van der Waals surface area contributed by atoms with E-state index in [-0.39, 0.29) is 17.9 Å². The highest BCUT2D eigenvalue weighted by Gasteiger charge is 2.28. The number of fused-ring (bicyclic) bond motifs is 1. The number of nitrogens with two attached hydrogens (primary N) is 1. The van der Waals surface area contributed by atoms with Crippen LogP contribution in [-0.4, -0.2) is 54.5 Å². The van der Waals surface area contributed by atoms with E-state index < -0.39 is 0 Å². The Hall–Kier alpha value is -4.12. The van der Waals surface area contributed by atoms with Crippen LogP contribution in [0.4, 0.5) is 10.9 Å². The predicted octanol–water partition coefficient (Wildman–Crippen LogP) is 3.44. The Bertz CT molecular complexity index is 1430. The summed E-state index contributed by atoms with van der Waals surface area (Å²) in [5, 5.41) is 8.89. The molecular weight excluding hydrogens is 464 g/mol. The molecule has 0 radical (unpaired) electrons. The Kier molecular flexibility index (Phi) is 6.00. The minimum absolute atomic E-state index is 0.0509. The molecule has 1 atom stereocenters. The zero-order chi connectivity index (χ0) is 24.5. The number of nitrogens with zero attached hydrogens (tertiary/aromatic N) is 6. The normalized spacial score (nSPS) is 15.8. The fourth-order valence-corrected chi connectivity index (χ4v) is 4.96. The van der Waals surface area contributed by atoms with E-state index in [0.717, 1.165) is 23.3 Å². The van der Waals surface area contributed by atoms with Gasteiger partial charge in [-0.05, 0) is 38.0 Å². The van der Waals surface area contributed by atoms with Gasteiger partial charge in [-0.15, -0.1) is 11.3 Å². The van der Waals surface area contributed by atoms with E-state index in [1.807, 2.05) is 23.7 Å². The van der Waals surface area contributed by atoms with E-state index in [1.165, 1.54) is 23.7 Å². The van der Waals surface area contributed by atoms with Gasteiger partial charge in [0.15, 0.2) is 10.8 Å². The number of piperidine rings is 1. The van der Waals surface area contributed by atoms with Crippen LogP contribution in [0.25, 0.3) is 22.3 Å². The number of aromatic nitrogens is 5. The number of nitrogens with one attached hydrogen (secondary N) is 1. The highest BCUT2D eigenvalue weighted by molar-refractivity contribution is 7.15. The summed E-state index contributed by atoms with van der Waals surface area (Å²) < 4.78 is 1.84. The second-order valence-corrected chi connectivity index (χ2v) is 9.58. The van der Waals surface area contributed by atoms with Gasteiger partial charge in [-0.25, -0.2) is 19.6 Å². The van der Waals surface area contributed by atoms with Gasteiger partial charge in [0.25, 0.3) is 5.91 Å². The number of nitrogen functional groups attached to an aromatic ring is 1. The highest BCUT2D eigenvalue weighted by atomic mass is 32.1. The topological polar surface area (TPSA) is 132 Å². The highest BCUT2D eigenvalue weighted by Crippen LogP contribution is 2.34. The molecule has 1 aromatic carbocycles. The molecule has 0 spiro atoms.